The summed E-state index contributed by atoms with van der Waals surface area (Å²) in [7, 11) is 0. The molecule has 2 N–H and O–H groups in total. The van der Waals surface area contributed by atoms with Gasteiger partial charge in [0.25, 0.3) is 0 Å². The van der Waals surface area contributed by atoms with Crippen LogP contribution in [0.5, 0.6) is 0 Å². The Morgan fingerprint density at radius 1 is 1.00 bits per heavy atom. The predicted molar refractivity (Wildman–Crippen MR) is 111 cm³/mol. The molecule has 2 aromatic rings. The number of aliphatic imine (C=N–C) groups is 1. The number of hydrogen-bond acceptors (Lipinski definition) is 3. The van der Waals surface area contributed by atoms with Crippen LogP contribution in [0.25, 0.3) is 0 Å². The normalized spacial score (nSPS) is 21.2. The van der Waals surface area contributed by atoms with E-state index in [9.17, 15) is 0 Å². The fourth-order valence-electron chi connectivity index (χ4n) is 2.64. The maximum Gasteiger partial charge on any atom is 0.131 e. The minimum Gasteiger partial charge on any atom is -0.381 e. The van der Waals surface area contributed by atoms with E-state index in [2.05, 4.69) is 71.1 Å². The largest absolute Gasteiger partial charge is 0.381 e. The summed E-state index contributed by atoms with van der Waals surface area (Å²) in [5, 5.41) is 7.34. The van der Waals surface area contributed by atoms with Gasteiger partial charge < -0.3 is 10.6 Å². The Hall–Kier alpha value is -2.78. The molecule has 26 heavy (non-hydrogen) atoms. The zero-order valence-electron chi connectivity index (χ0n) is 14.7. The molecule has 0 aromatic heterocycles. The van der Waals surface area contributed by atoms with Crippen molar-refractivity contribution in [1.82, 2.24) is 5.32 Å². The molecule has 4 heteroatoms. The molecule has 1 aliphatic rings. The summed E-state index contributed by atoms with van der Waals surface area (Å²) in [6.07, 6.45) is 9.42. The number of halogens is 1. The van der Waals surface area contributed by atoms with Crippen LogP contribution in [0.1, 0.15) is 24.1 Å². The van der Waals surface area contributed by atoms with Gasteiger partial charge in [0.1, 0.15) is 11.0 Å². The van der Waals surface area contributed by atoms with Crippen LogP contribution < -0.4 is 10.6 Å². The highest BCUT2D eigenvalue weighted by atomic mass is 35.5. The van der Waals surface area contributed by atoms with Gasteiger partial charge in [-0.05, 0) is 42.3 Å². The molecular formula is C22H22ClN3. The molecule has 0 aliphatic carbocycles. The summed E-state index contributed by atoms with van der Waals surface area (Å²) >= 11 is 6.08. The third-order valence-corrected chi connectivity index (χ3v) is 4.24. The van der Waals surface area contributed by atoms with Crippen molar-refractivity contribution in [2.24, 2.45) is 4.99 Å². The molecule has 1 heterocycles. The van der Waals surface area contributed by atoms with E-state index in [0.29, 0.717) is 5.17 Å². The van der Waals surface area contributed by atoms with Gasteiger partial charge in [-0.2, -0.15) is 0 Å². The van der Waals surface area contributed by atoms with Crippen molar-refractivity contribution in [2.45, 2.75) is 19.5 Å². The van der Waals surface area contributed by atoms with Crippen LogP contribution in [0.2, 0.25) is 0 Å². The second-order valence-corrected chi connectivity index (χ2v) is 6.45. The van der Waals surface area contributed by atoms with E-state index in [1.165, 1.54) is 11.1 Å². The molecule has 0 fully saturated rings. The average Bonchev–Trinajstić information content (AvgIpc) is 2.65. The van der Waals surface area contributed by atoms with Gasteiger partial charge in [0.05, 0.1) is 6.04 Å². The van der Waals surface area contributed by atoms with Crippen LogP contribution in [0.4, 0.5) is 5.69 Å². The zero-order valence-corrected chi connectivity index (χ0v) is 15.4. The number of benzene rings is 2. The second-order valence-electron chi connectivity index (χ2n) is 6.06. The Balaban J connectivity index is 1.66. The number of hydrogen-bond donors (Lipinski definition) is 2. The molecule has 3 nitrogen and oxygen atoms in total. The van der Waals surface area contributed by atoms with E-state index in [1.54, 1.807) is 6.08 Å². The molecular weight excluding hydrogens is 342 g/mol. The van der Waals surface area contributed by atoms with Crippen molar-refractivity contribution in [1.29, 1.82) is 0 Å². The first-order valence-corrected chi connectivity index (χ1v) is 9.02. The van der Waals surface area contributed by atoms with Crippen LogP contribution in [-0.2, 0) is 6.54 Å². The lowest BCUT2D eigenvalue weighted by atomic mass is 10.1. The molecule has 0 bridgehead atoms. The van der Waals surface area contributed by atoms with E-state index in [-0.39, 0.29) is 6.04 Å². The molecule has 1 aliphatic heterocycles. The van der Waals surface area contributed by atoms with Gasteiger partial charge in [-0.1, -0.05) is 72.3 Å². The Labute approximate surface area is 159 Å². The maximum atomic E-state index is 6.08. The molecule has 0 saturated carbocycles. The first-order chi connectivity index (χ1) is 12.7. The van der Waals surface area contributed by atoms with Crippen LogP contribution in [-0.4, -0.2) is 5.17 Å². The summed E-state index contributed by atoms with van der Waals surface area (Å²) in [5.74, 6) is 0.741. The number of rotatable bonds is 6. The molecule has 0 unspecified atom stereocenters. The second kappa shape index (κ2) is 9.07. The summed E-state index contributed by atoms with van der Waals surface area (Å²) in [4.78, 5) is 4.38. The van der Waals surface area contributed by atoms with Gasteiger partial charge in [0, 0.05) is 12.2 Å². The minimum atomic E-state index is 0.102. The van der Waals surface area contributed by atoms with Gasteiger partial charge >= 0.3 is 0 Å². The third-order valence-electron chi connectivity index (χ3n) is 4.03. The van der Waals surface area contributed by atoms with E-state index in [0.717, 1.165) is 18.1 Å². The number of allylic oxidation sites excluding steroid dienone is 5. The topological polar surface area (TPSA) is 36.4 Å². The first kappa shape index (κ1) is 18.0. The van der Waals surface area contributed by atoms with Crippen molar-refractivity contribution < 1.29 is 0 Å². The minimum absolute atomic E-state index is 0.102. The third kappa shape index (κ3) is 5.36. The predicted octanol–water partition coefficient (Wildman–Crippen LogP) is 5.55. The highest BCUT2D eigenvalue weighted by Gasteiger charge is 2.08. The first-order valence-electron chi connectivity index (χ1n) is 8.64. The fraction of sp³-hybridized carbons (Fsp3) is 0.136. The highest BCUT2D eigenvalue weighted by molar-refractivity contribution is 6.68. The molecule has 132 valence electrons. The standard InChI is InChI=1S/C22H22ClN3/c1-17(25-22-14-7-3-6-13-21(23)26-22)19-11-8-12-20(15-19)24-16-18-9-4-2-5-10-18/h2-15,17,24H,16H2,1H3,(H,25,26)/t17-/m0/s1. The smallest absolute Gasteiger partial charge is 0.131 e. The van der Waals surface area contributed by atoms with Gasteiger partial charge in [0.2, 0.25) is 0 Å². The van der Waals surface area contributed by atoms with E-state index >= 15 is 0 Å². The van der Waals surface area contributed by atoms with Gasteiger partial charge in [-0.25, -0.2) is 4.99 Å². The summed E-state index contributed by atoms with van der Waals surface area (Å²) in [6, 6.07) is 18.9. The van der Waals surface area contributed by atoms with E-state index in [4.69, 9.17) is 11.6 Å². The van der Waals surface area contributed by atoms with E-state index in [1.807, 2.05) is 30.4 Å². The van der Waals surface area contributed by atoms with Crippen molar-refractivity contribution in [3.05, 3.63) is 102 Å². The number of nitrogens with one attached hydrogen (secondary N) is 2. The SMILES string of the molecule is C[C@H](NC1=C/C=C/C=C/C(Cl)=N\1)c1cccc(NCc2ccccc2)c1. The van der Waals surface area contributed by atoms with Gasteiger partial charge in [-0.15, -0.1) is 0 Å². The van der Waals surface area contributed by atoms with Crippen LogP contribution >= 0.6 is 11.6 Å². The summed E-state index contributed by atoms with van der Waals surface area (Å²) in [6.45, 7) is 2.91. The van der Waals surface area contributed by atoms with Crippen molar-refractivity contribution in [2.75, 3.05) is 5.32 Å². The fourth-order valence-corrected chi connectivity index (χ4v) is 2.80. The highest BCUT2D eigenvalue weighted by Crippen LogP contribution is 2.20. The number of anilines is 1. The van der Waals surface area contributed by atoms with Gasteiger partial charge in [0.15, 0.2) is 0 Å². The monoisotopic (exact) mass is 363 g/mol. The lowest BCUT2D eigenvalue weighted by Crippen LogP contribution is -2.17. The Kier molecular flexibility index (Phi) is 6.29. The quantitative estimate of drug-likeness (QED) is 0.705. The van der Waals surface area contributed by atoms with Crippen molar-refractivity contribution >= 4 is 22.5 Å². The van der Waals surface area contributed by atoms with Gasteiger partial charge in [-0.3, -0.25) is 0 Å². The summed E-state index contributed by atoms with van der Waals surface area (Å²) < 4.78 is 0. The molecule has 1 atom stereocenters. The molecule has 0 radical (unpaired) electrons. The molecule has 0 saturated heterocycles. The van der Waals surface area contributed by atoms with Crippen LogP contribution in [0.15, 0.2) is 95.8 Å². The molecule has 2 aromatic carbocycles. The molecule has 3 rings (SSSR count). The van der Waals surface area contributed by atoms with Crippen molar-refractivity contribution in [3.63, 3.8) is 0 Å². The molecule has 0 amide bonds. The Morgan fingerprint density at radius 2 is 1.85 bits per heavy atom. The number of nitrogens with zero attached hydrogens (tertiary/aromatic N) is 1. The van der Waals surface area contributed by atoms with Crippen LogP contribution in [0, 0.1) is 0 Å². The Morgan fingerprint density at radius 3 is 2.69 bits per heavy atom. The zero-order chi connectivity index (χ0) is 18.2. The maximum absolute atomic E-state index is 6.08. The van der Waals surface area contributed by atoms with E-state index < -0.39 is 0 Å². The van der Waals surface area contributed by atoms with Crippen LogP contribution in [0.3, 0.4) is 0 Å². The average molecular weight is 364 g/mol. The lowest BCUT2D eigenvalue weighted by Gasteiger charge is -2.17. The molecule has 0 spiro atoms. The summed E-state index contributed by atoms with van der Waals surface area (Å²) in [5.41, 5.74) is 3.53. The lowest BCUT2D eigenvalue weighted by molar-refractivity contribution is 0.649. The Bertz CT molecular complexity index is 851. The van der Waals surface area contributed by atoms with Crippen molar-refractivity contribution in [3.8, 4) is 0 Å².